The van der Waals surface area contributed by atoms with Crippen LogP contribution in [0.2, 0.25) is 0 Å². The number of rotatable bonds is 6. The van der Waals surface area contributed by atoms with E-state index in [4.69, 9.17) is 4.74 Å². The van der Waals surface area contributed by atoms with E-state index in [9.17, 15) is 0 Å². The number of ether oxygens (including phenoxy) is 1. The molecular weight excluding hydrogens is 328 g/mol. The van der Waals surface area contributed by atoms with Crippen LogP contribution < -0.4 is 10.1 Å². The highest BCUT2D eigenvalue weighted by Crippen LogP contribution is 2.28. The molecule has 2 rings (SSSR count). The third kappa shape index (κ3) is 4.55. The van der Waals surface area contributed by atoms with Crippen LogP contribution in [0.15, 0.2) is 34.8 Å². The number of nitrogens with zero attached hydrogens (tertiary/aromatic N) is 1. The van der Waals surface area contributed by atoms with E-state index in [1.54, 1.807) is 0 Å². The second kappa shape index (κ2) is 7.57. The Morgan fingerprint density at radius 3 is 2.76 bits per heavy atom. The molecule has 0 radical (unpaired) electrons. The lowest BCUT2D eigenvalue weighted by atomic mass is 10.1. The molecule has 1 heterocycles. The van der Waals surface area contributed by atoms with Crippen molar-refractivity contribution in [2.45, 2.75) is 33.2 Å². The van der Waals surface area contributed by atoms with Crippen LogP contribution in [0.5, 0.6) is 11.6 Å². The van der Waals surface area contributed by atoms with E-state index >= 15 is 0 Å². The Kier molecular flexibility index (Phi) is 5.76. The molecule has 112 valence electrons. The molecule has 0 unspecified atom stereocenters. The summed E-state index contributed by atoms with van der Waals surface area (Å²) < 4.78 is 7.00. The van der Waals surface area contributed by atoms with Crippen LogP contribution in [0, 0.1) is 6.92 Å². The van der Waals surface area contributed by atoms with E-state index < -0.39 is 0 Å². The smallest absolute Gasteiger partial charge is 0.219 e. The van der Waals surface area contributed by atoms with Gasteiger partial charge in [-0.25, -0.2) is 4.98 Å². The van der Waals surface area contributed by atoms with Gasteiger partial charge in [0, 0.05) is 22.8 Å². The molecular formula is C17H21BrN2O. The van der Waals surface area contributed by atoms with Crippen molar-refractivity contribution in [2.75, 3.05) is 7.05 Å². The van der Waals surface area contributed by atoms with Gasteiger partial charge >= 0.3 is 0 Å². The number of aromatic nitrogens is 1. The molecule has 0 aliphatic heterocycles. The van der Waals surface area contributed by atoms with Gasteiger partial charge in [-0.3, -0.25) is 0 Å². The molecule has 1 aromatic carbocycles. The van der Waals surface area contributed by atoms with Gasteiger partial charge in [-0.2, -0.15) is 0 Å². The average Bonchev–Trinajstić information content (AvgIpc) is 2.43. The fourth-order valence-electron chi connectivity index (χ4n) is 2.16. The van der Waals surface area contributed by atoms with E-state index in [1.807, 2.05) is 38.2 Å². The van der Waals surface area contributed by atoms with Crippen molar-refractivity contribution in [1.82, 2.24) is 10.3 Å². The summed E-state index contributed by atoms with van der Waals surface area (Å²) in [5.41, 5.74) is 3.36. The monoisotopic (exact) mass is 348 g/mol. The summed E-state index contributed by atoms with van der Waals surface area (Å²) >= 11 is 3.48. The largest absolute Gasteiger partial charge is 0.439 e. The Morgan fingerprint density at radius 1 is 1.24 bits per heavy atom. The minimum absolute atomic E-state index is 0.660. The Morgan fingerprint density at radius 2 is 2.05 bits per heavy atom. The van der Waals surface area contributed by atoms with Crippen molar-refractivity contribution in [1.29, 1.82) is 0 Å². The molecule has 0 aliphatic carbocycles. The van der Waals surface area contributed by atoms with E-state index in [1.165, 1.54) is 5.56 Å². The number of nitrogens with one attached hydrogen (secondary N) is 1. The molecule has 21 heavy (non-hydrogen) atoms. The molecule has 4 heteroatoms. The Bertz CT molecular complexity index is 589. The van der Waals surface area contributed by atoms with Crippen molar-refractivity contribution in [3.05, 3.63) is 51.6 Å². The average molecular weight is 349 g/mol. The lowest BCUT2D eigenvalue weighted by Crippen LogP contribution is -2.07. The zero-order valence-electron chi connectivity index (χ0n) is 12.7. The number of pyridine rings is 1. The van der Waals surface area contributed by atoms with Gasteiger partial charge < -0.3 is 10.1 Å². The first-order valence-electron chi connectivity index (χ1n) is 7.20. The summed E-state index contributed by atoms with van der Waals surface area (Å²) in [6.45, 7) is 5.00. The van der Waals surface area contributed by atoms with Crippen LogP contribution in [0.1, 0.15) is 30.2 Å². The van der Waals surface area contributed by atoms with Crippen molar-refractivity contribution in [3.8, 4) is 11.6 Å². The maximum atomic E-state index is 6.00. The summed E-state index contributed by atoms with van der Waals surface area (Å²) in [5, 5.41) is 3.17. The normalized spacial score (nSPS) is 10.7. The maximum absolute atomic E-state index is 6.00. The second-order valence-electron chi connectivity index (χ2n) is 5.10. The Hall–Kier alpha value is -1.39. The number of hydrogen-bond acceptors (Lipinski definition) is 3. The van der Waals surface area contributed by atoms with E-state index in [2.05, 4.69) is 39.2 Å². The number of halogens is 1. The highest BCUT2D eigenvalue weighted by atomic mass is 79.9. The van der Waals surface area contributed by atoms with Crippen molar-refractivity contribution >= 4 is 15.9 Å². The van der Waals surface area contributed by atoms with Gasteiger partial charge in [0.15, 0.2) is 0 Å². The summed E-state index contributed by atoms with van der Waals surface area (Å²) in [4.78, 5) is 4.61. The third-order valence-corrected chi connectivity index (χ3v) is 3.66. The lowest BCUT2D eigenvalue weighted by Gasteiger charge is -2.11. The standard InChI is InChI=1S/C17H21BrN2O/c1-4-5-15-8-13(11-19-3)9-17(20-15)21-16-10-14(18)7-6-12(16)2/h6-10,19H,4-5,11H2,1-3H3. The Balaban J connectivity index is 2.31. The molecule has 1 N–H and O–H groups in total. The van der Waals surface area contributed by atoms with Crippen molar-refractivity contribution < 1.29 is 4.74 Å². The van der Waals surface area contributed by atoms with Crippen molar-refractivity contribution in [3.63, 3.8) is 0 Å². The molecule has 0 amide bonds. The highest BCUT2D eigenvalue weighted by Gasteiger charge is 2.07. The zero-order valence-corrected chi connectivity index (χ0v) is 14.3. The maximum Gasteiger partial charge on any atom is 0.219 e. The minimum Gasteiger partial charge on any atom is -0.439 e. The molecule has 0 aliphatic rings. The predicted octanol–water partition coefficient (Wildman–Crippen LogP) is 4.62. The fraction of sp³-hybridized carbons (Fsp3) is 0.353. The molecule has 0 atom stereocenters. The van der Waals surface area contributed by atoms with Gasteiger partial charge in [0.1, 0.15) is 5.75 Å². The van der Waals surface area contributed by atoms with Gasteiger partial charge in [-0.05, 0) is 49.7 Å². The first kappa shape index (κ1) is 16.0. The first-order valence-corrected chi connectivity index (χ1v) is 8.00. The van der Waals surface area contributed by atoms with Crippen LogP contribution >= 0.6 is 15.9 Å². The van der Waals surface area contributed by atoms with Gasteiger partial charge in [-0.1, -0.05) is 35.3 Å². The summed E-state index contributed by atoms with van der Waals surface area (Å²) in [5.74, 6) is 1.49. The number of benzene rings is 1. The topological polar surface area (TPSA) is 34.1 Å². The highest BCUT2D eigenvalue weighted by molar-refractivity contribution is 9.10. The van der Waals surface area contributed by atoms with Crippen LogP contribution in [0.4, 0.5) is 0 Å². The van der Waals surface area contributed by atoms with E-state index in [-0.39, 0.29) is 0 Å². The molecule has 0 saturated carbocycles. The van der Waals surface area contributed by atoms with E-state index in [0.29, 0.717) is 5.88 Å². The fourth-order valence-corrected chi connectivity index (χ4v) is 2.50. The van der Waals surface area contributed by atoms with Gasteiger partial charge in [-0.15, -0.1) is 0 Å². The quantitative estimate of drug-likeness (QED) is 0.827. The van der Waals surface area contributed by atoms with Crippen LogP contribution in [0.3, 0.4) is 0 Å². The molecule has 0 spiro atoms. The van der Waals surface area contributed by atoms with Crippen LogP contribution in [-0.2, 0) is 13.0 Å². The van der Waals surface area contributed by atoms with Gasteiger partial charge in [0.05, 0.1) is 0 Å². The summed E-state index contributed by atoms with van der Waals surface area (Å²) in [7, 11) is 1.94. The minimum atomic E-state index is 0.660. The van der Waals surface area contributed by atoms with E-state index in [0.717, 1.165) is 40.9 Å². The third-order valence-electron chi connectivity index (χ3n) is 3.17. The molecule has 1 aromatic heterocycles. The van der Waals surface area contributed by atoms with Crippen molar-refractivity contribution in [2.24, 2.45) is 0 Å². The SMILES string of the molecule is CCCc1cc(CNC)cc(Oc2cc(Br)ccc2C)n1. The second-order valence-corrected chi connectivity index (χ2v) is 6.01. The lowest BCUT2D eigenvalue weighted by molar-refractivity contribution is 0.455. The first-order chi connectivity index (χ1) is 10.1. The van der Waals surface area contributed by atoms with Crippen LogP contribution in [0.25, 0.3) is 0 Å². The predicted molar refractivity (Wildman–Crippen MR) is 89.9 cm³/mol. The molecule has 3 nitrogen and oxygen atoms in total. The summed E-state index contributed by atoms with van der Waals surface area (Å²) in [6.07, 6.45) is 2.04. The molecule has 0 saturated heterocycles. The van der Waals surface area contributed by atoms with Gasteiger partial charge in [0.25, 0.3) is 0 Å². The molecule has 0 bridgehead atoms. The molecule has 2 aromatic rings. The Labute approximate surface area is 134 Å². The van der Waals surface area contributed by atoms with Crippen LogP contribution in [-0.4, -0.2) is 12.0 Å². The number of hydrogen-bond donors (Lipinski definition) is 1. The zero-order chi connectivity index (χ0) is 15.2. The molecule has 0 fully saturated rings. The number of aryl methyl sites for hydroxylation is 2. The summed E-state index contributed by atoms with van der Waals surface area (Å²) in [6, 6.07) is 10.2. The van der Waals surface area contributed by atoms with Gasteiger partial charge in [0.2, 0.25) is 5.88 Å².